The van der Waals surface area contributed by atoms with Gasteiger partial charge in [0.05, 0.1) is 17.7 Å². The summed E-state index contributed by atoms with van der Waals surface area (Å²) in [6.45, 7) is 5.36. The number of rotatable bonds is 10. The van der Waals surface area contributed by atoms with Crippen LogP contribution in [0, 0.1) is 5.41 Å². The Balaban J connectivity index is 1.63. The minimum Gasteiger partial charge on any atom is -0.493 e. The van der Waals surface area contributed by atoms with E-state index in [1.807, 2.05) is 0 Å². The van der Waals surface area contributed by atoms with Crippen molar-refractivity contribution < 1.29 is 35.6 Å². The van der Waals surface area contributed by atoms with E-state index in [0.29, 0.717) is 37.8 Å². The van der Waals surface area contributed by atoms with Crippen LogP contribution in [-0.4, -0.2) is 40.3 Å². The quantitative estimate of drug-likeness (QED) is 0.108. The summed E-state index contributed by atoms with van der Waals surface area (Å²) in [7, 11) is 0. The van der Waals surface area contributed by atoms with Crippen molar-refractivity contribution in [2.75, 3.05) is 13.2 Å². The highest BCUT2D eigenvalue weighted by Gasteiger charge is 2.36. The smallest absolute Gasteiger partial charge is 0.419 e. The van der Waals surface area contributed by atoms with E-state index in [0.717, 1.165) is 24.6 Å². The molecule has 13 heteroatoms. The molecule has 3 rings (SSSR count). The second-order valence-electron chi connectivity index (χ2n) is 9.04. The number of halogens is 6. The number of hydrogen-bond donors (Lipinski definition) is 2. The zero-order valence-electron chi connectivity index (χ0n) is 21.2. The van der Waals surface area contributed by atoms with Crippen LogP contribution in [0.1, 0.15) is 56.5 Å². The molecule has 1 aromatic carbocycles. The minimum absolute atomic E-state index is 0.0130. The Morgan fingerprint density at radius 1 is 1.23 bits per heavy atom. The van der Waals surface area contributed by atoms with E-state index < -0.39 is 29.5 Å². The third kappa shape index (κ3) is 7.87. The average Bonchev–Trinajstić information content (AvgIpc) is 3.53. The maximum Gasteiger partial charge on any atom is 0.419 e. The third-order valence-corrected chi connectivity index (χ3v) is 6.15. The number of ether oxygens (including phenoxy) is 1. The molecule has 2 heterocycles. The normalized spacial score (nSPS) is 17.0. The second-order valence-corrected chi connectivity index (χ2v) is 9.04. The second kappa shape index (κ2) is 12.4. The first-order valence-electron chi connectivity index (χ1n) is 12.2. The van der Waals surface area contributed by atoms with Gasteiger partial charge in [-0.25, -0.2) is 0 Å². The fourth-order valence-electron chi connectivity index (χ4n) is 4.10. The number of hydrogen-bond acceptors (Lipinski definition) is 5. The van der Waals surface area contributed by atoms with Crippen molar-refractivity contribution in [1.82, 2.24) is 15.0 Å². The predicted molar refractivity (Wildman–Crippen MR) is 133 cm³/mol. The van der Waals surface area contributed by atoms with Crippen LogP contribution in [0.15, 0.2) is 58.7 Å². The topological polar surface area (TPSA) is 101 Å². The molecule has 212 valence electrons. The summed E-state index contributed by atoms with van der Waals surface area (Å²) in [5, 5.41) is 11.5. The van der Waals surface area contributed by atoms with Crippen molar-refractivity contribution in [2.24, 2.45) is 5.73 Å². The Labute approximate surface area is 221 Å². The third-order valence-electron chi connectivity index (χ3n) is 6.15. The van der Waals surface area contributed by atoms with E-state index in [-0.39, 0.29) is 35.6 Å². The first-order chi connectivity index (χ1) is 18.3. The van der Waals surface area contributed by atoms with Gasteiger partial charge < -0.3 is 19.9 Å². The van der Waals surface area contributed by atoms with Gasteiger partial charge in [0.1, 0.15) is 11.8 Å². The number of nitrogens with zero attached hydrogens (tertiary/aromatic N) is 3. The maximum atomic E-state index is 13.8. The van der Waals surface area contributed by atoms with Crippen molar-refractivity contribution in [3.63, 3.8) is 0 Å². The van der Waals surface area contributed by atoms with E-state index >= 15 is 0 Å². The van der Waals surface area contributed by atoms with Crippen LogP contribution in [0.3, 0.4) is 0 Å². The summed E-state index contributed by atoms with van der Waals surface area (Å²) in [6, 6.07) is 3.07. The molecule has 0 aliphatic carbocycles. The van der Waals surface area contributed by atoms with Gasteiger partial charge in [0.15, 0.2) is 5.96 Å². The zero-order valence-corrected chi connectivity index (χ0v) is 21.2. The molecule has 1 atom stereocenters. The van der Waals surface area contributed by atoms with Crippen LogP contribution >= 0.6 is 0 Å². The lowest BCUT2D eigenvalue weighted by molar-refractivity contribution is -0.138. The van der Waals surface area contributed by atoms with Crippen molar-refractivity contribution in [1.29, 1.82) is 5.41 Å². The monoisotopic (exact) mass is 557 g/mol. The maximum absolute atomic E-state index is 13.8. The molecule has 0 radical (unpaired) electrons. The summed E-state index contributed by atoms with van der Waals surface area (Å²) in [6.07, 6.45) is -3.44. The van der Waals surface area contributed by atoms with Crippen LogP contribution in [0.5, 0.6) is 5.75 Å². The van der Waals surface area contributed by atoms with Crippen molar-refractivity contribution in [3.8, 4) is 17.1 Å². The number of likely N-dealkylation sites (tertiary alicyclic amines) is 1. The molecule has 1 saturated heterocycles. The highest BCUT2D eigenvalue weighted by atomic mass is 19.4. The molecule has 0 bridgehead atoms. The Morgan fingerprint density at radius 2 is 1.97 bits per heavy atom. The Bertz CT molecular complexity index is 1230. The molecule has 0 spiro atoms. The Hall–Kier alpha value is -3.77. The SMILES string of the molecule is C=C/C(=C\C=C(/C)CCCCOc1ccc(-c2noc([C@@H]3CCCN3C(=N)N)n2)cc1C(F)(F)F)C(F)(F)F. The fraction of sp³-hybridized carbons (Fsp3) is 0.423. The van der Waals surface area contributed by atoms with Crippen LogP contribution < -0.4 is 10.5 Å². The van der Waals surface area contributed by atoms with Crippen LogP contribution in [0.25, 0.3) is 11.4 Å². The summed E-state index contributed by atoms with van der Waals surface area (Å²) in [5.41, 5.74) is 4.49. The number of unbranched alkanes of at least 4 members (excludes halogenated alkanes) is 1. The van der Waals surface area contributed by atoms with E-state index in [1.165, 1.54) is 18.2 Å². The van der Waals surface area contributed by atoms with Gasteiger partial charge in [-0.05, 0) is 57.2 Å². The number of nitrogens with two attached hydrogens (primary N) is 1. The molecule has 1 aliphatic rings. The molecule has 1 aromatic heterocycles. The largest absolute Gasteiger partial charge is 0.493 e. The molecule has 3 N–H and O–H groups in total. The summed E-state index contributed by atoms with van der Waals surface area (Å²) in [5.74, 6) is -0.363. The van der Waals surface area contributed by atoms with Gasteiger partial charge in [0, 0.05) is 12.1 Å². The number of allylic oxidation sites excluding steroid dienone is 5. The van der Waals surface area contributed by atoms with Gasteiger partial charge in [0.2, 0.25) is 11.7 Å². The van der Waals surface area contributed by atoms with Gasteiger partial charge in [-0.3, -0.25) is 5.41 Å². The summed E-state index contributed by atoms with van der Waals surface area (Å²) < 4.78 is 90.3. The number of alkyl halides is 6. The van der Waals surface area contributed by atoms with Gasteiger partial charge in [0.25, 0.3) is 0 Å². The average molecular weight is 558 g/mol. The highest BCUT2D eigenvalue weighted by Crippen LogP contribution is 2.39. The molecule has 0 saturated carbocycles. The molecular weight excluding hydrogens is 528 g/mol. The highest BCUT2D eigenvalue weighted by molar-refractivity contribution is 5.75. The van der Waals surface area contributed by atoms with Crippen molar-refractivity contribution >= 4 is 5.96 Å². The van der Waals surface area contributed by atoms with Crippen LogP contribution in [0.4, 0.5) is 26.3 Å². The lowest BCUT2D eigenvalue weighted by Crippen LogP contribution is -2.35. The molecule has 0 unspecified atom stereocenters. The van der Waals surface area contributed by atoms with Gasteiger partial charge in [-0.2, -0.15) is 31.3 Å². The lowest BCUT2D eigenvalue weighted by Gasteiger charge is -2.21. The summed E-state index contributed by atoms with van der Waals surface area (Å²) in [4.78, 5) is 5.83. The Kier molecular flexibility index (Phi) is 9.46. The van der Waals surface area contributed by atoms with E-state index in [4.69, 9.17) is 20.4 Å². The molecule has 1 fully saturated rings. The van der Waals surface area contributed by atoms with E-state index in [2.05, 4.69) is 16.7 Å². The van der Waals surface area contributed by atoms with Gasteiger partial charge in [-0.1, -0.05) is 35.5 Å². The minimum atomic E-state index is -4.71. The first kappa shape index (κ1) is 29.8. The zero-order chi connectivity index (χ0) is 28.8. The number of guanidine groups is 1. The fourth-order valence-corrected chi connectivity index (χ4v) is 4.10. The Morgan fingerprint density at radius 3 is 2.62 bits per heavy atom. The molecule has 1 aliphatic heterocycles. The lowest BCUT2D eigenvalue weighted by atomic mass is 10.1. The molecular formula is C26H29F6N5O2. The van der Waals surface area contributed by atoms with Gasteiger partial charge in [-0.15, -0.1) is 0 Å². The standard InChI is InChI=1S/C26H29F6N5O2/c1-3-18(25(27,28)29)11-9-16(2)7-4-5-14-38-21-12-10-17(15-19(21)26(30,31)32)22-35-23(39-36-22)20-8-6-13-37(20)24(33)34/h3,9-12,15,20H,1,4-8,13-14H2,2H3,(H3,33,34)/b16-9+,18-11+/t20-/m0/s1. The molecule has 39 heavy (non-hydrogen) atoms. The molecule has 0 amide bonds. The number of aromatic nitrogens is 2. The molecule has 7 nitrogen and oxygen atoms in total. The van der Waals surface area contributed by atoms with Crippen LogP contribution in [0.2, 0.25) is 0 Å². The van der Waals surface area contributed by atoms with Gasteiger partial charge >= 0.3 is 12.4 Å². The van der Waals surface area contributed by atoms with Crippen molar-refractivity contribution in [2.45, 2.75) is 57.4 Å². The van der Waals surface area contributed by atoms with E-state index in [9.17, 15) is 26.3 Å². The molecule has 2 aromatic rings. The number of benzene rings is 1. The predicted octanol–water partition coefficient (Wildman–Crippen LogP) is 6.96. The first-order valence-corrected chi connectivity index (χ1v) is 12.2. The summed E-state index contributed by atoms with van der Waals surface area (Å²) >= 11 is 0. The van der Waals surface area contributed by atoms with E-state index in [1.54, 1.807) is 11.8 Å². The van der Waals surface area contributed by atoms with Crippen molar-refractivity contribution in [3.05, 3.63) is 65.6 Å². The van der Waals surface area contributed by atoms with Crippen LogP contribution in [-0.2, 0) is 6.18 Å². The number of nitrogens with one attached hydrogen (secondary N) is 1.